The molecule has 0 aliphatic rings. The molecule has 2 aromatic heterocycles. The van der Waals surface area contributed by atoms with Crippen LogP contribution in [0.2, 0.25) is 0 Å². The Balaban J connectivity index is 1.58. The van der Waals surface area contributed by atoms with E-state index in [1.54, 1.807) is 48.7 Å². The van der Waals surface area contributed by atoms with Crippen molar-refractivity contribution in [1.82, 2.24) is 9.38 Å². The van der Waals surface area contributed by atoms with Gasteiger partial charge in [-0.1, -0.05) is 30.3 Å². The van der Waals surface area contributed by atoms with Crippen molar-refractivity contribution in [3.05, 3.63) is 115 Å². The number of benzene rings is 2. The smallest absolute Gasteiger partial charge is 0.339 e. The molecule has 0 aliphatic carbocycles. The van der Waals surface area contributed by atoms with Crippen molar-refractivity contribution in [2.75, 3.05) is 0 Å². The Morgan fingerprint density at radius 2 is 1.72 bits per heavy atom. The minimum Gasteiger partial charge on any atom is -0.456 e. The second kappa shape index (κ2) is 8.88. The van der Waals surface area contributed by atoms with Gasteiger partial charge in [-0.25, -0.2) is 9.78 Å². The zero-order chi connectivity index (χ0) is 22.8. The molecule has 0 saturated heterocycles. The van der Waals surface area contributed by atoms with E-state index in [0.29, 0.717) is 16.9 Å². The molecule has 4 rings (SSSR count). The predicted molar refractivity (Wildman–Crippen MR) is 124 cm³/mol. The maximum atomic E-state index is 13.1. The highest BCUT2D eigenvalue weighted by Gasteiger charge is 2.20. The largest absolute Gasteiger partial charge is 0.456 e. The van der Waals surface area contributed by atoms with Gasteiger partial charge in [0.2, 0.25) is 0 Å². The SMILES string of the molecule is Cc1ccc(C(=O)c2ccccc2C(=O)OCc2cc(=O)n3cc(Br)ccc3n2)cc1C. The number of ether oxygens (including phenoxy) is 1. The molecule has 32 heavy (non-hydrogen) atoms. The molecular weight excluding hydrogens is 472 g/mol. The number of esters is 1. The van der Waals surface area contributed by atoms with Crippen LogP contribution in [0.15, 0.2) is 76.1 Å². The van der Waals surface area contributed by atoms with Gasteiger partial charge in [-0.2, -0.15) is 0 Å². The number of nitrogens with zero attached hydrogens (tertiary/aromatic N) is 2. The molecule has 6 nitrogen and oxygen atoms in total. The van der Waals surface area contributed by atoms with Crippen LogP contribution in [-0.2, 0) is 11.3 Å². The summed E-state index contributed by atoms with van der Waals surface area (Å²) in [5, 5.41) is 0. The number of hydrogen-bond donors (Lipinski definition) is 0. The number of pyridine rings is 1. The number of aromatic nitrogens is 2. The van der Waals surface area contributed by atoms with E-state index in [4.69, 9.17) is 4.74 Å². The van der Waals surface area contributed by atoms with Gasteiger partial charge in [0, 0.05) is 27.9 Å². The fraction of sp³-hybridized carbons (Fsp3) is 0.120. The fourth-order valence-corrected chi connectivity index (χ4v) is 3.65. The maximum absolute atomic E-state index is 13.1. The molecule has 0 aliphatic heterocycles. The lowest BCUT2D eigenvalue weighted by molar-refractivity contribution is 0.0465. The summed E-state index contributed by atoms with van der Waals surface area (Å²) < 4.78 is 7.54. The van der Waals surface area contributed by atoms with Crippen molar-refractivity contribution in [2.45, 2.75) is 20.5 Å². The van der Waals surface area contributed by atoms with Gasteiger partial charge >= 0.3 is 5.97 Å². The van der Waals surface area contributed by atoms with Gasteiger partial charge in [0.1, 0.15) is 12.3 Å². The topological polar surface area (TPSA) is 77.7 Å². The Morgan fingerprint density at radius 3 is 2.47 bits per heavy atom. The Morgan fingerprint density at radius 1 is 0.969 bits per heavy atom. The molecule has 0 atom stereocenters. The Hall–Kier alpha value is -3.58. The van der Waals surface area contributed by atoms with Crippen LogP contribution in [-0.4, -0.2) is 21.1 Å². The van der Waals surface area contributed by atoms with Gasteiger partial charge in [0.15, 0.2) is 5.78 Å². The minimum absolute atomic E-state index is 0.164. The lowest BCUT2D eigenvalue weighted by Crippen LogP contribution is -2.17. The summed E-state index contributed by atoms with van der Waals surface area (Å²) in [7, 11) is 0. The molecule has 7 heteroatoms. The molecule has 0 saturated carbocycles. The monoisotopic (exact) mass is 490 g/mol. The number of fused-ring (bicyclic) bond motifs is 1. The van der Waals surface area contributed by atoms with Crippen LogP contribution in [0.4, 0.5) is 0 Å². The molecule has 0 bridgehead atoms. The van der Waals surface area contributed by atoms with Crippen LogP contribution in [0.5, 0.6) is 0 Å². The van der Waals surface area contributed by atoms with E-state index in [2.05, 4.69) is 20.9 Å². The van der Waals surface area contributed by atoms with Crippen molar-refractivity contribution in [3.8, 4) is 0 Å². The number of hydrogen-bond acceptors (Lipinski definition) is 5. The average Bonchev–Trinajstić information content (AvgIpc) is 2.79. The van der Waals surface area contributed by atoms with Gasteiger partial charge < -0.3 is 4.74 Å². The van der Waals surface area contributed by atoms with E-state index in [9.17, 15) is 14.4 Å². The Labute approximate surface area is 192 Å². The van der Waals surface area contributed by atoms with Gasteiger partial charge in [-0.05, 0) is 65.2 Å². The van der Waals surface area contributed by atoms with Gasteiger partial charge in [-0.15, -0.1) is 0 Å². The molecule has 2 aromatic carbocycles. The third kappa shape index (κ3) is 4.38. The fourth-order valence-electron chi connectivity index (χ4n) is 3.31. The number of rotatable bonds is 5. The molecule has 0 unspecified atom stereocenters. The van der Waals surface area contributed by atoms with Gasteiger partial charge in [0.25, 0.3) is 5.56 Å². The zero-order valence-electron chi connectivity index (χ0n) is 17.5. The number of ketones is 1. The van der Waals surface area contributed by atoms with Crippen molar-refractivity contribution < 1.29 is 14.3 Å². The van der Waals surface area contributed by atoms with E-state index >= 15 is 0 Å². The number of halogens is 1. The molecule has 160 valence electrons. The first-order valence-corrected chi connectivity index (χ1v) is 10.7. The van der Waals surface area contributed by atoms with Crippen LogP contribution in [0, 0.1) is 13.8 Å². The summed E-state index contributed by atoms with van der Waals surface area (Å²) in [6, 6.07) is 16.7. The second-order valence-corrected chi connectivity index (χ2v) is 8.33. The van der Waals surface area contributed by atoms with E-state index in [0.717, 1.165) is 15.6 Å². The lowest BCUT2D eigenvalue weighted by atomic mass is 9.96. The van der Waals surface area contributed by atoms with Crippen molar-refractivity contribution in [2.24, 2.45) is 0 Å². The molecule has 0 fully saturated rings. The minimum atomic E-state index is -0.657. The normalized spacial score (nSPS) is 10.8. The van der Waals surface area contributed by atoms with Crippen molar-refractivity contribution in [3.63, 3.8) is 0 Å². The molecule has 0 amide bonds. The van der Waals surface area contributed by atoms with Crippen LogP contribution >= 0.6 is 15.9 Å². The summed E-state index contributed by atoms with van der Waals surface area (Å²) in [6.07, 6.45) is 1.62. The lowest BCUT2D eigenvalue weighted by Gasteiger charge is -2.10. The summed E-state index contributed by atoms with van der Waals surface area (Å²) in [6.45, 7) is 3.72. The van der Waals surface area contributed by atoms with Crippen LogP contribution < -0.4 is 5.56 Å². The molecule has 0 N–H and O–H groups in total. The predicted octanol–water partition coefficient (Wildman–Crippen LogP) is 4.66. The molecule has 2 heterocycles. The van der Waals surface area contributed by atoms with Crippen molar-refractivity contribution >= 4 is 33.3 Å². The van der Waals surface area contributed by atoms with Crippen LogP contribution in [0.25, 0.3) is 5.65 Å². The van der Waals surface area contributed by atoms with Crippen LogP contribution in [0.1, 0.15) is 43.1 Å². The van der Waals surface area contributed by atoms with E-state index in [-0.39, 0.29) is 29.1 Å². The number of aryl methyl sites for hydroxylation is 2. The zero-order valence-corrected chi connectivity index (χ0v) is 19.0. The summed E-state index contributed by atoms with van der Waals surface area (Å²) in [5.41, 5.74) is 3.49. The standard InChI is InChI=1S/C25H19BrN2O4/c1-15-7-8-17(11-16(15)2)24(30)20-5-3-4-6-21(20)25(31)32-14-19-12-23(29)28-13-18(26)9-10-22(28)27-19/h3-13H,14H2,1-2H3. The molecular formula is C25H19BrN2O4. The first kappa shape index (κ1) is 21.6. The summed E-state index contributed by atoms with van der Waals surface area (Å²) in [5.74, 6) is -0.913. The Bertz CT molecular complexity index is 1430. The van der Waals surface area contributed by atoms with E-state index in [1.807, 2.05) is 26.0 Å². The first-order valence-electron chi connectivity index (χ1n) is 9.89. The Kier molecular flexibility index (Phi) is 6.01. The maximum Gasteiger partial charge on any atom is 0.339 e. The van der Waals surface area contributed by atoms with Crippen LogP contribution in [0.3, 0.4) is 0 Å². The highest BCUT2D eigenvalue weighted by molar-refractivity contribution is 9.10. The van der Waals surface area contributed by atoms with Gasteiger partial charge in [0.05, 0.1) is 11.3 Å². The third-order valence-corrected chi connectivity index (χ3v) is 5.66. The molecule has 4 aromatic rings. The van der Waals surface area contributed by atoms with Gasteiger partial charge in [-0.3, -0.25) is 14.0 Å². The van der Waals surface area contributed by atoms with E-state index < -0.39 is 5.97 Å². The summed E-state index contributed by atoms with van der Waals surface area (Å²) in [4.78, 5) is 42.6. The summed E-state index contributed by atoms with van der Waals surface area (Å²) >= 11 is 3.32. The van der Waals surface area contributed by atoms with Crippen molar-refractivity contribution in [1.29, 1.82) is 0 Å². The molecule has 0 spiro atoms. The first-order chi connectivity index (χ1) is 15.3. The highest BCUT2D eigenvalue weighted by atomic mass is 79.9. The third-order valence-electron chi connectivity index (χ3n) is 5.19. The second-order valence-electron chi connectivity index (χ2n) is 7.41. The average molecular weight is 491 g/mol. The quantitative estimate of drug-likeness (QED) is 0.300. The van der Waals surface area contributed by atoms with E-state index in [1.165, 1.54) is 10.5 Å². The number of carbonyl (C=O) groups excluding carboxylic acids is 2. The number of carbonyl (C=O) groups is 2. The highest BCUT2D eigenvalue weighted by Crippen LogP contribution is 2.19. The molecule has 0 radical (unpaired) electrons.